The SMILES string of the molecule is Cc1ccc2nc(C)c(C)c(C(=O)NCC3(Cn4cccn4)CC3)c2c1. The van der Waals surface area contributed by atoms with Crippen molar-refractivity contribution in [3.8, 4) is 0 Å². The maximum absolute atomic E-state index is 13.1. The number of fused-ring (bicyclic) bond motifs is 1. The van der Waals surface area contributed by atoms with Gasteiger partial charge in [-0.15, -0.1) is 0 Å². The monoisotopic (exact) mass is 348 g/mol. The van der Waals surface area contributed by atoms with E-state index in [0.29, 0.717) is 6.54 Å². The summed E-state index contributed by atoms with van der Waals surface area (Å²) in [4.78, 5) is 17.7. The van der Waals surface area contributed by atoms with Crippen molar-refractivity contribution in [1.82, 2.24) is 20.1 Å². The Morgan fingerprint density at radius 2 is 2.08 bits per heavy atom. The fourth-order valence-electron chi connectivity index (χ4n) is 3.55. The first-order valence-corrected chi connectivity index (χ1v) is 9.11. The molecule has 1 saturated carbocycles. The molecule has 1 aromatic carbocycles. The topological polar surface area (TPSA) is 59.8 Å². The highest BCUT2D eigenvalue weighted by atomic mass is 16.1. The predicted molar refractivity (Wildman–Crippen MR) is 102 cm³/mol. The lowest BCUT2D eigenvalue weighted by Crippen LogP contribution is -2.33. The van der Waals surface area contributed by atoms with E-state index in [1.165, 1.54) is 0 Å². The molecule has 134 valence electrons. The normalized spacial score (nSPS) is 15.2. The summed E-state index contributed by atoms with van der Waals surface area (Å²) >= 11 is 0. The van der Waals surface area contributed by atoms with Gasteiger partial charge >= 0.3 is 0 Å². The van der Waals surface area contributed by atoms with Crippen molar-refractivity contribution >= 4 is 16.8 Å². The van der Waals surface area contributed by atoms with Crippen LogP contribution in [0.1, 0.15) is 40.0 Å². The molecule has 1 amide bonds. The van der Waals surface area contributed by atoms with Crippen LogP contribution in [0.15, 0.2) is 36.7 Å². The third-order valence-electron chi connectivity index (χ3n) is 5.49. The molecule has 3 aromatic rings. The van der Waals surface area contributed by atoms with E-state index in [4.69, 9.17) is 0 Å². The first kappa shape index (κ1) is 16.8. The average molecular weight is 348 g/mol. The van der Waals surface area contributed by atoms with Gasteiger partial charge in [-0.05, 0) is 57.4 Å². The van der Waals surface area contributed by atoms with Gasteiger partial charge in [-0.3, -0.25) is 14.5 Å². The van der Waals surface area contributed by atoms with E-state index in [1.807, 2.05) is 49.8 Å². The molecular formula is C21H24N4O. The minimum Gasteiger partial charge on any atom is -0.351 e. The van der Waals surface area contributed by atoms with Crippen LogP contribution < -0.4 is 5.32 Å². The van der Waals surface area contributed by atoms with Crippen LogP contribution in [0.4, 0.5) is 0 Å². The van der Waals surface area contributed by atoms with Gasteiger partial charge in [0, 0.05) is 42.0 Å². The summed E-state index contributed by atoms with van der Waals surface area (Å²) < 4.78 is 1.96. The quantitative estimate of drug-likeness (QED) is 0.767. The van der Waals surface area contributed by atoms with Crippen LogP contribution in [0.25, 0.3) is 10.9 Å². The number of amides is 1. The Hall–Kier alpha value is -2.69. The first-order chi connectivity index (χ1) is 12.5. The van der Waals surface area contributed by atoms with E-state index in [2.05, 4.69) is 21.5 Å². The number of hydrogen-bond acceptors (Lipinski definition) is 3. The van der Waals surface area contributed by atoms with Gasteiger partial charge in [-0.1, -0.05) is 11.6 Å². The second-order valence-electron chi connectivity index (χ2n) is 7.60. The summed E-state index contributed by atoms with van der Waals surface area (Å²) in [5.74, 6) is -0.00431. The molecule has 5 nitrogen and oxygen atoms in total. The number of aromatic nitrogens is 3. The molecule has 0 saturated heterocycles. The summed E-state index contributed by atoms with van der Waals surface area (Å²) in [6.07, 6.45) is 6.03. The van der Waals surface area contributed by atoms with Gasteiger partial charge < -0.3 is 5.32 Å². The van der Waals surface area contributed by atoms with Crippen molar-refractivity contribution in [3.05, 3.63) is 59.0 Å². The number of benzene rings is 1. The minimum atomic E-state index is -0.00431. The van der Waals surface area contributed by atoms with Crippen LogP contribution in [0.5, 0.6) is 0 Å². The van der Waals surface area contributed by atoms with Gasteiger partial charge in [0.15, 0.2) is 0 Å². The number of pyridine rings is 1. The van der Waals surface area contributed by atoms with E-state index in [-0.39, 0.29) is 11.3 Å². The van der Waals surface area contributed by atoms with Gasteiger partial charge in [-0.2, -0.15) is 5.10 Å². The molecule has 4 rings (SSSR count). The van der Waals surface area contributed by atoms with Gasteiger partial charge in [0.2, 0.25) is 0 Å². The molecule has 1 fully saturated rings. The maximum Gasteiger partial charge on any atom is 0.252 e. The van der Waals surface area contributed by atoms with E-state index in [9.17, 15) is 4.79 Å². The highest BCUT2D eigenvalue weighted by molar-refractivity contribution is 6.07. The highest BCUT2D eigenvalue weighted by Crippen LogP contribution is 2.46. The van der Waals surface area contributed by atoms with Crippen molar-refractivity contribution < 1.29 is 4.79 Å². The van der Waals surface area contributed by atoms with Crippen LogP contribution in [-0.2, 0) is 6.54 Å². The molecule has 0 atom stereocenters. The molecule has 0 spiro atoms. The molecule has 1 aliphatic carbocycles. The third kappa shape index (κ3) is 3.09. The van der Waals surface area contributed by atoms with Gasteiger partial charge in [-0.25, -0.2) is 0 Å². The Morgan fingerprint density at radius 3 is 2.77 bits per heavy atom. The van der Waals surface area contributed by atoms with Gasteiger partial charge in [0.25, 0.3) is 5.91 Å². The van der Waals surface area contributed by atoms with E-state index >= 15 is 0 Å². The second-order valence-corrected chi connectivity index (χ2v) is 7.60. The number of carbonyl (C=O) groups is 1. The van der Waals surface area contributed by atoms with E-state index < -0.39 is 0 Å². The number of carbonyl (C=O) groups excluding carboxylic acids is 1. The number of hydrogen-bond donors (Lipinski definition) is 1. The lowest BCUT2D eigenvalue weighted by atomic mass is 9.99. The molecule has 1 aliphatic rings. The van der Waals surface area contributed by atoms with Crippen LogP contribution >= 0.6 is 0 Å². The van der Waals surface area contributed by atoms with Crippen molar-refractivity contribution in [2.45, 2.75) is 40.2 Å². The van der Waals surface area contributed by atoms with Gasteiger partial charge in [0.1, 0.15) is 0 Å². The van der Waals surface area contributed by atoms with E-state index in [1.54, 1.807) is 6.20 Å². The smallest absolute Gasteiger partial charge is 0.252 e. The largest absolute Gasteiger partial charge is 0.351 e. The van der Waals surface area contributed by atoms with Crippen LogP contribution in [-0.4, -0.2) is 27.2 Å². The van der Waals surface area contributed by atoms with Gasteiger partial charge in [0.05, 0.1) is 11.1 Å². The zero-order valence-electron chi connectivity index (χ0n) is 15.5. The fourth-order valence-corrected chi connectivity index (χ4v) is 3.55. The first-order valence-electron chi connectivity index (χ1n) is 9.11. The number of nitrogens with zero attached hydrogens (tertiary/aromatic N) is 3. The molecule has 0 aliphatic heterocycles. The molecule has 0 bridgehead atoms. The molecule has 2 aromatic heterocycles. The number of nitrogens with one attached hydrogen (secondary N) is 1. The van der Waals surface area contributed by atoms with Crippen molar-refractivity contribution in [2.75, 3.05) is 6.54 Å². The standard InChI is InChI=1S/C21H24N4O/c1-14-5-6-18-17(11-14)19(15(2)16(3)24-18)20(26)22-12-21(7-8-21)13-25-10-4-9-23-25/h4-6,9-11H,7-8,12-13H2,1-3H3,(H,22,26). The zero-order valence-corrected chi connectivity index (χ0v) is 15.5. The highest BCUT2D eigenvalue weighted by Gasteiger charge is 2.43. The third-order valence-corrected chi connectivity index (χ3v) is 5.49. The molecule has 5 heteroatoms. The Bertz CT molecular complexity index is 971. The Kier molecular flexibility index (Phi) is 4.02. The minimum absolute atomic E-state index is 0.00431. The van der Waals surface area contributed by atoms with Crippen molar-refractivity contribution in [3.63, 3.8) is 0 Å². The molecule has 2 heterocycles. The van der Waals surface area contributed by atoms with Crippen molar-refractivity contribution in [1.29, 1.82) is 0 Å². The number of rotatable bonds is 5. The predicted octanol–water partition coefficient (Wildman–Crippen LogP) is 3.57. The summed E-state index contributed by atoms with van der Waals surface area (Å²) in [5.41, 5.74) is 4.77. The van der Waals surface area contributed by atoms with Crippen molar-refractivity contribution in [2.24, 2.45) is 5.41 Å². The Balaban J connectivity index is 1.58. The zero-order chi connectivity index (χ0) is 18.3. The summed E-state index contributed by atoms with van der Waals surface area (Å²) in [5, 5.41) is 8.42. The molecule has 26 heavy (non-hydrogen) atoms. The summed E-state index contributed by atoms with van der Waals surface area (Å²) in [6.45, 7) is 7.52. The summed E-state index contributed by atoms with van der Waals surface area (Å²) in [6, 6.07) is 8.02. The second kappa shape index (κ2) is 6.24. The lowest BCUT2D eigenvalue weighted by Gasteiger charge is -2.18. The van der Waals surface area contributed by atoms with Crippen LogP contribution in [0.2, 0.25) is 0 Å². The lowest BCUT2D eigenvalue weighted by molar-refractivity contribution is 0.0943. The summed E-state index contributed by atoms with van der Waals surface area (Å²) in [7, 11) is 0. The molecule has 0 unspecified atom stereocenters. The Labute approximate surface area is 153 Å². The molecule has 0 radical (unpaired) electrons. The fraction of sp³-hybridized carbons (Fsp3) is 0.381. The Morgan fingerprint density at radius 1 is 1.27 bits per heavy atom. The number of aryl methyl sites for hydroxylation is 2. The van der Waals surface area contributed by atoms with Crippen LogP contribution in [0.3, 0.4) is 0 Å². The van der Waals surface area contributed by atoms with Crippen LogP contribution in [0, 0.1) is 26.2 Å². The average Bonchev–Trinajstić information content (AvgIpc) is 3.18. The maximum atomic E-state index is 13.1. The molecular weight excluding hydrogens is 324 g/mol. The van der Waals surface area contributed by atoms with E-state index in [0.717, 1.165) is 52.7 Å². The molecule has 1 N–H and O–H groups in total.